The Morgan fingerprint density at radius 2 is 1.88 bits per heavy atom. The molecular formula is C24H28ClF3N4O. The number of anilines is 2. The SMILES string of the molecule is CN(C)CCNC(=O)[C@H]1Cc2cc(C(F)(F)F)ccc2N2CCN(c3ccc(Cl)cc3)C[C@@H]12. The van der Waals surface area contributed by atoms with Gasteiger partial charge in [-0.15, -0.1) is 0 Å². The zero-order valence-electron chi connectivity index (χ0n) is 18.7. The van der Waals surface area contributed by atoms with Crippen LogP contribution in [-0.2, 0) is 17.4 Å². The van der Waals surface area contributed by atoms with Gasteiger partial charge < -0.3 is 20.0 Å². The van der Waals surface area contributed by atoms with Gasteiger partial charge in [0.25, 0.3) is 0 Å². The highest BCUT2D eigenvalue weighted by Gasteiger charge is 2.42. The van der Waals surface area contributed by atoms with Crippen molar-refractivity contribution in [2.45, 2.75) is 18.6 Å². The lowest BCUT2D eigenvalue weighted by Gasteiger charge is -2.49. The quantitative estimate of drug-likeness (QED) is 0.704. The summed E-state index contributed by atoms with van der Waals surface area (Å²) >= 11 is 6.03. The van der Waals surface area contributed by atoms with Gasteiger partial charge in [-0.1, -0.05) is 11.6 Å². The van der Waals surface area contributed by atoms with E-state index in [1.807, 2.05) is 43.3 Å². The van der Waals surface area contributed by atoms with Gasteiger partial charge in [-0.3, -0.25) is 4.79 Å². The molecule has 2 heterocycles. The fraction of sp³-hybridized carbons (Fsp3) is 0.458. The Labute approximate surface area is 197 Å². The second kappa shape index (κ2) is 9.43. The third-order valence-electron chi connectivity index (χ3n) is 6.43. The Kier molecular flexibility index (Phi) is 6.77. The first kappa shape index (κ1) is 23.7. The summed E-state index contributed by atoms with van der Waals surface area (Å²) in [6.45, 7) is 3.11. The van der Waals surface area contributed by atoms with E-state index in [9.17, 15) is 18.0 Å². The van der Waals surface area contributed by atoms with Gasteiger partial charge in [0.1, 0.15) is 0 Å². The molecular weight excluding hydrogens is 453 g/mol. The second-order valence-corrected chi connectivity index (χ2v) is 9.37. The molecule has 2 aliphatic rings. The number of carbonyl (C=O) groups is 1. The molecule has 0 unspecified atom stereocenters. The van der Waals surface area contributed by atoms with Gasteiger partial charge in [0.15, 0.2) is 0 Å². The molecule has 9 heteroatoms. The predicted octanol–water partition coefficient (Wildman–Crippen LogP) is 3.90. The molecule has 2 atom stereocenters. The minimum Gasteiger partial charge on any atom is -0.368 e. The van der Waals surface area contributed by atoms with Gasteiger partial charge in [0, 0.05) is 49.1 Å². The van der Waals surface area contributed by atoms with E-state index in [4.69, 9.17) is 11.6 Å². The van der Waals surface area contributed by atoms with Crippen LogP contribution in [0.3, 0.4) is 0 Å². The molecule has 2 aromatic rings. The lowest BCUT2D eigenvalue weighted by Crippen LogP contribution is -2.61. The zero-order chi connectivity index (χ0) is 23.8. The van der Waals surface area contributed by atoms with Gasteiger partial charge in [-0.05, 0) is 68.5 Å². The Morgan fingerprint density at radius 3 is 2.55 bits per heavy atom. The third kappa shape index (κ3) is 5.22. The van der Waals surface area contributed by atoms with E-state index in [0.717, 1.165) is 17.4 Å². The van der Waals surface area contributed by atoms with Gasteiger partial charge in [-0.2, -0.15) is 13.2 Å². The van der Waals surface area contributed by atoms with Crippen molar-refractivity contribution in [1.82, 2.24) is 10.2 Å². The van der Waals surface area contributed by atoms with Gasteiger partial charge >= 0.3 is 6.18 Å². The summed E-state index contributed by atoms with van der Waals surface area (Å²) in [5.74, 6) is -0.564. The minimum absolute atomic E-state index is 0.118. The number of halogens is 4. The van der Waals surface area contributed by atoms with Crippen LogP contribution in [0.4, 0.5) is 24.5 Å². The Bertz CT molecular complexity index is 996. The van der Waals surface area contributed by atoms with Crippen LogP contribution in [0.2, 0.25) is 5.02 Å². The van der Waals surface area contributed by atoms with Crippen molar-refractivity contribution in [1.29, 1.82) is 0 Å². The summed E-state index contributed by atoms with van der Waals surface area (Å²) in [5.41, 5.74) is 1.71. The van der Waals surface area contributed by atoms with Crippen molar-refractivity contribution in [2.75, 3.05) is 56.6 Å². The van der Waals surface area contributed by atoms with Crippen LogP contribution in [-0.4, -0.2) is 63.7 Å². The smallest absolute Gasteiger partial charge is 0.368 e. The molecule has 1 N–H and O–H groups in total. The van der Waals surface area contributed by atoms with Crippen LogP contribution in [0.5, 0.6) is 0 Å². The molecule has 0 saturated carbocycles. The van der Waals surface area contributed by atoms with Crippen LogP contribution in [0.25, 0.3) is 0 Å². The highest BCUT2D eigenvalue weighted by molar-refractivity contribution is 6.30. The molecule has 4 rings (SSSR count). The van der Waals surface area contributed by atoms with Crippen molar-refractivity contribution in [2.24, 2.45) is 5.92 Å². The second-order valence-electron chi connectivity index (χ2n) is 8.93. The van der Waals surface area contributed by atoms with Crippen LogP contribution < -0.4 is 15.1 Å². The average molecular weight is 481 g/mol. The summed E-state index contributed by atoms with van der Waals surface area (Å²) < 4.78 is 40.0. The molecule has 5 nitrogen and oxygen atoms in total. The zero-order valence-corrected chi connectivity index (χ0v) is 19.5. The lowest BCUT2D eigenvalue weighted by atomic mass is 9.82. The largest absolute Gasteiger partial charge is 0.416 e. The number of alkyl halides is 3. The van der Waals surface area contributed by atoms with E-state index < -0.39 is 17.7 Å². The maximum Gasteiger partial charge on any atom is 0.416 e. The number of rotatable bonds is 5. The summed E-state index contributed by atoms with van der Waals surface area (Å²) in [6, 6.07) is 11.3. The van der Waals surface area contributed by atoms with Crippen LogP contribution in [0, 0.1) is 5.92 Å². The third-order valence-corrected chi connectivity index (χ3v) is 6.68. The first-order valence-electron chi connectivity index (χ1n) is 11.0. The van der Waals surface area contributed by atoms with Crippen LogP contribution >= 0.6 is 11.6 Å². The van der Waals surface area contributed by atoms with Gasteiger partial charge in [0.2, 0.25) is 5.91 Å². The summed E-state index contributed by atoms with van der Waals surface area (Å²) in [4.78, 5) is 19.5. The molecule has 2 aliphatic heterocycles. The molecule has 1 saturated heterocycles. The predicted molar refractivity (Wildman–Crippen MR) is 125 cm³/mol. The van der Waals surface area contributed by atoms with Crippen molar-refractivity contribution in [3.63, 3.8) is 0 Å². The number of piperazine rings is 1. The van der Waals surface area contributed by atoms with E-state index in [0.29, 0.717) is 43.3 Å². The highest BCUT2D eigenvalue weighted by atomic mass is 35.5. The standard InChI is InChI=1S/C24H28ClF3N4O/c1-30(2)10-9-29-23(33)20-14-16-13-17(24(26,27)28)3-8-21(16)32-12-11-31(15-22(20)32)19-6-4-18(25)5-7-19/h3-8,13,20,22H,9-12,14-15H2,1-2H3,(H,29,33)/t20-,22-/m0/s1. The molecule has 0 aromatic heterocycles. The van der Waals surface area contributed by atoms with Crippen molar-refractivity contribution >= 4 is 28.9 Å². The Hall–Kier alpha value is -2.45. The van der Waals surface area contributed by atoms with E-state index in [1.165, 1.54) is 6.07 Å². The van der Waals surface area contributed by atoms with E-state index in [-0.39, 0.29) is 18.4 Å². The summed E-state index contributed by atoms with van der Waals surface area (Å²) in [6.07, 6.45) is -4.13. The number of benzene rings is 2. The topological polar surface area (TPSA) is 38.8 Å². The Balaban J connectivity index is 1.63. The van der Waals surface area contributed by atoms with E-state index in [1.54, 1.807) is 6.07 Å². The highest BCUT2D eigenvalue weighted by Crippen LogP contribution is 2.40. The van der Waals surface area contributed by atoms with E-state index in [2.05, 4.69) is 15.1 Å². The number of carbonyl (C=O) groups excluding carboxylic acids is 1. The summed E-state index contributed by atoms with van der Waals surface area (Å²) in [5, 5.41) is 3.64. The van der Waals surface area contributed by atoms with Crippen LogP contribution in [0.15, 0.2) is 42.5 Å². The van der Waals surface area contributed by atoms with Crippen molar-refractivity contribution in [3.8, 4) is 0 Å². The molecule has 33 heavy (non-hydrogen) atoms. The molecule has 0 radical (unpaired) electrons. The molecule has 1 fully saturated rings. The first-order chi connectivity index (χ1) is 15.6. The normalized spacial score (nSPS) is 20.5. The number of hydrogen-bond donors (Lipinski definition) is 1. The minimum atomic E-state index is -4.41. The molecule has 1 amide bonds. The molecule has 0 spiro atoms. The first-order valence-corrected chi connectivity index (χ1v) is 11.4. The number of fused-ring (bicyclic) bond motifs is 3. The van der Waals surface area contributed by atoms with Gasteiger partial charge in [-0.25, -0.2) is 0 Å². The number of hydrogen-bond acceptors (Lipinski definition) is 4. The maximum absolute atomic E-state index is 13.3. The van der Waals surface area contributed by atoms with Crippen molar-refractivity contribution in [3.05, 3.63) is 58.6 Å². The monoisotopic (exact) mass is 480 g/mol. The maximum atomic E-state index is 13.3. The fourth-order valence-electron chi connectivity index (χ4n) is 4.72. The van der Waals surface area contributed by atoms with Gasteiger partial charge in [0.05, 0.1) is 17.5 Å². The van der Waals surface area contributed by atoms with Crippen molar-refractivity contribution < 1.29 is 18.0 Å². The lowest BCUT2D eigenvalue weighted by molar-refractivity contribution is -0.137. The summed E-state index contributed by atoms with van der Waals surface area (Å²) in [7, 11) is 3.85. The van der Waals surface area contributed by atoms with E-state index >= 15 is 0 Å². The molecule has 0 bridgehead atoms. The molecule has 0 aliphatic carbocycles. The number of nitrogens with one attached hydrogen (secondary N) is 1. The number of likely N-dealkylation sites (N-methyl/N-ethyl adjacent to an activating group) is 1. The average Bonchev–Trinajstić information content (AvgIpc) is 2.77. The number of nitrogens with zero attached hydrogens (tertiary/aromatic N) is 3. The fourth-order valence-corrected chi connectivity index (χ4v) is 4.85. The molecule has 2 aromatic carbocycles. The molecule has 178 valence electrons. The van der Waals surface area contributed by atoms with Crippen LogP contribution in [0.1, 0.15) is 11.1 Å². The Morgan fingerprint density at radius 1 is 1.15 bits per heavy atom. The number of amides is 1.